The molecule has 1 aliphatic carbocycles. The summed E-state index contributed by atoms with van der Waals surface area (Å²) in [6.07, 6.45) is 2.73. The lowest BCUT2D eigenvalue weighted by atomic mass is 10.3. The summed E-state index contributed by atoms with van der Waals surface area (Å²) in [6.45, 7) is 4.13. The minimum absolute atomic E-state index is 0.581. The fourth-order valence-corrected chi connectivity index (χ4v) is 2.73. The van der Waals surface area contributed by atoms with E-state index in [4.69, 9.17) is 0 Å². The number of likely N-dealkylation sites (N-methyl/N-ethyl adjacent to an activating group) is 1. The molecule has 0 spiro atoms. The number of imidazole rings is 1. The smallest absolute Gasteiger partial charge is 0.123 e. The SMILES string of the molecule is CC(CNCc1nc2ccccc2n1C)N(C)C1CC1. The maximum Gasteiger partial charge on any atom is 0.123 e. The van der Waals surface area contributed by atoms with Crippen molar-refractivity contribution in [2.45, 2.75) is 38.4 Å². The monoisotopic (exact) mass is 272 g/mol. The van der Waals surface area contributed by atoms with E-state index >= 15 is 0 Å². The molecule has 1 atom stereocenters. The van der Waals surface area contributed by atoms with Crippen molar-refractivity contribution in [2.75, 3.05) is 13.6 Å². The zero-order valence-electron chi connectivity index (χ0n) is 12.6. The van der Waals surface area contributed by atoms with Crippen LogP contribution in [0.5, 0.6) is 0 Å². The average molecular weight is 272 g/mol. The lowest BCUT2D eigenvalue weighted by molar-refractivity contribution is 0.240. The van der Waals surface area contributed by atoms with Crippen LogP contribution in [-0.2, 0) is 13.6 Å². The van der Waals surface area contributed by atoms with Crippen LogP contribution in [0.4, 0.5) is 0 Å². The van der Waals surface area contributed by atoms with Gasteiger partial charge in [0, 0.05) is 25.7 Å². The molecule has 1 aliphatic rings. The van der Waals surface area contributed by atoms with Crippen molar-refractivity contribution in [2.24, 2.45) is 7.05 Å². The first-order valence-corrected chi connectivity index (χ1v) is 7.50. The van der Waals surface area contributed by atoms with Crippen molar-refractivity contribution >= 4 is 11.0 Å². The molecule has 1 aromatic carbocycles. The van der Waals surface area contributed by atoms with Gasteiger partial charge in [0.1, 0.15) is 5.82 Å². The molecule has 1 unspecified atom stereocenters. The summed E-state index contributed by atoms with van der Waals surface area (Å²) in [6, 6.07) is 9.70. The molecule has 4 nitrogen and oxygen atoms in total. The molecule has 3 rings (SSSR count). The number of aryl methyl sites for hydroxylation is 1. The molecule has 4 heteroatoms. The van der Waals surface area contributed by atoms with Crippen molar-refractivity contribution in [1.29, 1.82) is 0 Å². The highest BCUT2D eigenvalue weighted by Gasteiger charge is 2.28. The Morgan fingerprint density at radius 1 is 1.40 bits per heavy atom. The zero-order valence-corrected chi connectivity index (χ0v) is 12.6. The summed E-state index contributed by atoms with van der Waals surface area (Å²) in [5.41, 5.74) is 2.28. The maximum absolute atomic E-state index is 4.69. The van der Waals surface area contributed by atoms with Gasteiger partial charge in [-0.15, -0.1) is 0 Å². The zero-order chi connectivity index (χ0) is 14.1. The van der Waals surface area contributed by atoms with Crippen LogP contribution >= 0.6 is 0 Å². The molecular weight excluding hydrogens is 248 g/mol. The predicted molar refractivity (Wildman–Crippen MR) is 82.7 cm³/mol. The summed E-state index contributed by atoms with van der Waals surface area (Å²) in [7, 11) is 4.32. The quantitative estimate of drug-likeness (QED) is 0.874. The number of para-hydroxylation sites is 2. The van der Waals surface area contributed by atoms with E-state index in [-0.39, 0.29) is 0 Å². The Morgan fingerprint density at radius 3 is 2.85 bits per heavy atom. The van der Waals surface area contributed by atoms with Crippen LogP contribution in [0.1, 0.15) is 25.6 Å². The minimum atomic E-state index is 0.581. The van der Waals surface area contributed by atoms with Crippen LogP contribution in [0.3, 0.4) is 0 Å². The van der Waals surface area contributed by atoms with Gasteiger partial charge in [0.05, 0.1) is 17.6 Å². The lowest BCUT2D eigenvalue weighted by Crippen LogP contribution is -2.39. The third-order valence-corrected chi connectivity index (χ3v) is 4.42. The summed E-state index contributed by atoms with van der Waals surface area (Å²) >= 11 is 0. The molecule has 0 amide bonds. The van der Waals surface area contributed by atoms with Crippen LogP contribution in [0.2, 0.25) is 0 Å². The van der Waals surface area contributed by atoms with E-state index in [2.05, 4.69) is 59.0 Å². The largest absolute Gasteiger partial charge is 0.330 e. The predicted octanol–water partition coefficient (Wildman–Crippen LogP) is 2.15. The molecule has 0 aliphatic heterocycles. The second-order valence-corrected chi connectivity index (χ2v) is 5.95. The standard InChI is InChI=1S/C16H24N4/c1-12(19(2)13-8-9-13)10-17-11-16-18-14-6-4-5-7-15(14)20(16)3/h4-7,12-13,17H,8-11H2,1-3H3. The third kappa shape index (κ3) is 2.72. The van der Waals surface area contributed by atoms with Crippen molar-refractivity contribution in [3.8, 4) is 0 Å². The number of fused-ring (bicyclic) bond motifs is 1. The second kappa shape index (κ2) is 5.54. The number of benzene rings is 1. The molecule has 1 fully saturated rings. The first-order chi connectivity index (χ1) is 9.66. The number of nitrogens with one attached hydrogen (secondary N) is 1. The molecule has 108 valence electrons. The Labute approximate surface area is 120 Å². The lowest BCUT2D eigenvalue weighted by Gasteiger charge is -2.24. The minimum Gasteiger partial charge on any atom is -0.330 e. The number of aromatic nitrogens is 2. The highest BCUT2D eigenvalue weighted by molar-refractivity contribution is 5.75. The first-order valence-electron chi connectivity index (χ1n) is 7.50. The number of hydrogen-bond acceptors (Lipinski definition) is 3. The van der Waals surface area contributed by atoms with Crippen LogP contribution < -0.4 is 5.32 Å². The molecule has 20 heavy (non-hydrogen) atoms. The van der Waals surface area contributed by atoms with E-state index in [0.717, 1.165) is 30.5 Å². The van der Waals surface area contributed by atoms with Gasteiger partial charge < -0.3 is 9.88 Å². The summed E-state index contributed by atoms with van der Waals surface area (Å²) in [5, 5.41) is 3.54. The third-order valence-electron chi connectivity index (χ3n) is 4.42. The Hall–Kier alpha value is -1.39. The van der Waals surface area contributed by atoms with Crippen molar-refractivity contribution in [3.05, 3.63) is 30.1 Å². The number of nitrogens with zero attached hydrogens (tertiary/aromatic N) is 3. The summed E-state index contributed by atoms with van der Waals surface area (Å²) < 4.78 is 2.18. The molecule has 1 heterocycles. The summed E-state index contributed by atoms with van der Waals surface area (Å²) in [5.74, 6) is 1.10. The Balaban J connectivity index is 1.58. The van der Waals surface area contributed by atoms with Crippen LogP contribution in [0.15, 0.2) is 24.3 Å². The molecule has 0 bridgehead atoms. The Kier molecular flexibility index (Phi) is 3.76. The molecule has 2 aromatic rings. The number of hydrogen-bond donors (Lipinski definition) is 1. The molecule has 0 radical (unpaired) electrons. The molecule has 1 aromatic heterocycles. The second-order valence-electron chi connectivity index (χ2n) is 5.95. The van der Waals surface area contributed by atoms with Gasteiger partial charge >= 0.3 is 0 Å². The van der Waals surface area contributed by atoms with Crippen LogP contribution in [0, 0.1) is 0 Å². The fraction of sp³-hybridized carbons (Fsp3) is 0.562. The first kappa shape index (κ1) is 13.6. The van der Waals surface area contributed by atoms with Gasteiger partial charge in [-0.3, -0.25) is 4.90 Å². The van der Waals surface area contributed by atoms with E-state index in [1.165, 1.54) is 18.4 Å². The van der Waals surface area contributed by atoms with Gasteiger partial charge in [0.2, 0.25) is 0 Å². The molecule has 1 N–H and O–H groups in total. The molecule has 0 saturated heterocycles. The molecule has 1 saturated carbocycles. The van der Waals surface area contributed by atoms with Gasteiger partial charge in [-0.1, -0.05) is 12.1 Å². The maximum atomic E-state index is 4.69. The van der Waals surface area contributed by atoms with E-state index in [0.29, 0.717) is 6.04 Å². The Bertz CT molecular complexity index is 585. The summed E-state index contributed by atoms with van der Waals surface area (Å²) in [4.78, 5) is 7.18. The van der Waals surface area contributed by atoms with E-state index < -0.39 is 0 Å². The average Bonchev–Trinajstić information content (AvgIpc) is 3.25. The van der Waals surface area contributed by atoms with Crippen molar-refractivity contribution < 1.29 is 0 Å². The number of rotatable bonds is 6. The van der Waals surface area contributed by atoms with Crippen LogP contribution in [-0.4, -0.2) is 40.1 Å². The normalized spacial score (nSPS) is 17.0. The highest BCUT2D eigenvalue weighted by atomic mass is 15.2. The van der Waals surface area contributed by atoms with Gasteiger partial charge in [0.25, 0.3) is 0 Å². The van der Waals surface area contributed by atoms with Crippen molar-refractivity contribution in [1.82, 2.24) is 19.8 Å². The van der Waals surface area contributed by atoms with E-state index in [1.54, 1.807) is 0 Å². The fourth-order valence-electron chi connectivity index (χ4n) is 2.73. The van der Waals surface area contributed by atoms with Gasteiger partial charge in [-0.2, -0.15) is 0 Å². The van der Waals surface area contributed by atoms with Gasteiger partial charge in [-0.05, 0) is 38.9 Å². The van der Waals surface area contributed by atoms with E-state index in [9.17, 15) is 0 Å². The van der Waals surface area contributed by atoms with Crippen LogP contribution in [0.25, 0.3) is 11.0 Å². The Morgan fingerprint density at radius 2 is 2.15 bits per heavy atom. The highest BCUT2D eigenvalue weighted by Crippen LogP contribution is 2.26. The van der Waals surface area contributed by atoms with E-state index in [1.807, 2.05) is 6.07 Å². The van der Waals surface area contributed by atoms with Gasteiger partial charge in [0.15, 0.2) is 0 Å². The van der Waals surface area contributed by atoms with Gasteiger partial charge in [-0.25, -0.2) is 4.98 Å². The van der Waals surface area contributed by atoms with Crippen molar-refractivity contribution in [3.63, 3.8) is 0 Å². The molecular formula is C16H24N4. The topological polar surface area (TPSA) is 33.1 Å².